The van der Waals surface area contributed by atoms with Crippen LogP contribution in [0.5, 0.6) is 0 Å². The topological polar surface area (TPSA) is 58.9 Å². The minimum Gasteiger partial charge on any atom is -0.389 e. The predicted molar refractivity (Wildman–Crippen MR) is 42.3 cm³/mol. The number of hydrogen-bond acceptors (Lipinski definition) is 4. The van der Waals surface area contributed by atoms with Gasteiger partial charge in [-0.05, 0) is 12.8 Å². The van der Waals surface area contributed by atoms with Crippen molar-refractivity contribution in [3.05, 3.63) is 12.2 Å². The molecule has 0 heterocycles. The minimum absolute atomic E-state index is 0.150. The largest absolute Gasteiger partial charge is 0.389 e. The first-order valence-corrected chi connectivity index (χ1v) is 3.95. The fourth-order valence-corrected chi connectivity index (χ4v) is 1.10. The summed E-state index contributed by atoms with van der Waals surface area (Å²) in [4.78, 5) is 0. The van der Waals surface area contributed by atoms with Gasteiger partial charge in [0, 0.05) is 7.11 Å². The van der Waals surface area contributed by atoms with Crippen LogP contribution in [0.2, 0.25) is 0 Å². The molecule has 1 rings (SSSR count). The van der Waals surface area contributed by atoms with Crippen LogP contribution in [0.1, 0.15) is 12.8 Å². The van der Waals surface area contributed by atoms with Gasteiger partial charge < -0.3 is 19.7 Å². The van der Waals surface area contributed by atoms with Gasteiger partial charge in [0.05, 0.1) is 12.2 Å². The summed E-state index contributed by atoms with van der Waals surface area (Å²) in [6.07, 6.45) is 4.25. The van der Waals surface area contributed by atoms with Crippen LogP contribution in [0.25, 0.3) is 0 Å². The first-order valence-electron chi connectivity index (χ1n) is 3.95. The standard InChI is InChI=1S/C8H14O4/c1-11-8(10)12-7-4-2-6(9)3-5-7/h2,4,6-10H,3,5H2,1H3. The minimum atomic E-state index is -1.17. The Bertz CT molecular complexity index is 157. The quantitative estimate of drug-likeness (QED) is 0.467. The molecule has 0 spiro atoms. The van der Waals surface area contributed by atoms with Gasteiger partial charge in [-0.15, -0.1) is 0 Å². The highest BCUT2D eigenvalue weighted by Gasteiger charge is 2.16. The van der Waals surface area contributed by atoms with Crippen molar-refractivity contribution in [2.75, 3.05) is 7.11 Å². The third-order valence-electron chi connectivity index (χ3n) is 1.79. The Balaban J connectivity index is 2.30. The highest BCUT2D eigenvalue weighted by atomic mass is 16.8. The van der Waals surface area contributed by atoms with E-state index in [2.05, 4.69) is 4.74 Å². The normalized spacial score (nSPS) is 31.9. The second kappa shape index (κ2) is 4.57. The molecule has 0 radical (unpaired) electrons. The maximum absolute atomic E-state index is 9.08. The summed E-state index contributed by atoms with van der Waals surface area (Å²) in [5.41, 5.74) is 0. The van der Waals surface area contributed by atoms with Crippen molar-refractivity contribution >= 4 is 0 Å². The molecule has 70 valence electrons. The predicted octanol–water partition coefficient (Wildman–Crippen LogP) is 0.00480. The Morgan fingerprint density at radius 2 is 2.17 bits per heavy atom. The molecule has 3 atom stereocenters. The van der Waals surface area contributed by atoms with Crippen LogP contribution < -0.4 is 0 Å². The Morgan fingerprint density at radius 3 is 2.67 bits per heavy atom. The van der Waals surface area contributed by atoms with Gasteiger partial charge in [0.1, 0.15) is 0 Å². The third-order valence-corrected chi connectivity index (χ3v) is 1.79. The molecule has 0 aliphatic heterocycles. The van der Waals surface area contributed by atoms with Crippen molar-refractivity contribution in [3.63, 3.8) is 0 Å². The Kier molecular flexibility index (Phi) is 3.68. The number of ether oxygens (including phenoxy) is 2. The second-order valence-electron chi connectivity index (χ2n) is 2.75. The summed E-state index contributed by atoms with van der Waals surface area (Å²) in [5.74, 6) is 0. The average molecular weight is 174 g/mol. The van der Waals surface area contributed by atoms with Crippen molar-refractivity contribution in [1.29, 1.82) is 0 Å². The zero-order valence-corrected chi connectivity index (χ0v) is 7.01. The zero-order valence-electron chi connectivity index (χ0n) is 7.01. The van der Waals surface area contributed by atoms with Crippen LogP contribution in [-0.2, 0) is 9.47 Å². The van der Waals surface area contributed by atoms with Crippen LogP contribution in [0.4, 0.5) is 0 Å². The first kappa shape index (κ1) is 9.67. The number of rotatable bonds is 3. The maximum atomic E-state index is 9.08. The molecular weight excluding hydrogens is 160 g/mol. The van der Waals surface area contributed by atoms with Gasteiger partial charge in [0.15, 0.2) is 0 Å². The van der Waals surface area contributed by atoms with Crippen LogP contribution in [0.15, 0.2) is 12.2 Å². The van der Waals surface area contributed by atoms with Crippen LogP contribution in [0, 0.1) is 0 Å². The van der Waals surface area contributed by atoms with Crippen molar-refractivity contribution in [2.45, 2.75) is 31.5 Å². The van der Waals surface area contributed by atoms with E-state index < -0.39 is 6.48 Å². The molecule has 12 heavy (non-hydrogen) atoms. The summed E-state index contributed by atoms with van der Waals surface area (Å²) in [5, 5.41) is 18.0. The molecule has 0 aromatic heterocycles. The summed E-state index contributed by atoms with van der Waals surface area (Å²) in [6, 6.07) is 0. The van der Waals surface area contributed by atoms with E-state index >= 15 is 0 Å². The van der Waals surface area contributed by atoms with E-state index in [1.807, 2.05) is 0 Å². The van der Waals surface area contributed by atoms with Crippen molar-refractivity contribution in [3.8, 4) is 0 Å². The summed E-state index contributed by atoms with van der Waals surface area (Å²) >= 11 is 0. The summed E-state index contributed by atoms with van der Waals surface area (Å²) in [6.45, 7) is -1.17. The molecule has 0 aromatic carbocycles. The molecule has 4 nitrogen and oxygen atoms in total. The molecule has 0 saturated carbocycles. The van der Waals surface area contributed by atoms with Gasteiger partial charge in [0.25, 0.3) is 6.48 Å². The number of methoxy groups -OCH3 is 1. The maximum Gasteiger partial charge on any atom is 0.269 e. The molecular formula is C8H14O4. The lowest BCUT2D eigenvalue weighted by molar-refractivity contribution is -0.264. The number of aliphatic hydroxyl groups excluding tert-OH is 2. The van der Waals surface area contributed by atoms with Crippen molar-refractivity contribution in [1.82, 2.24) is 0 Å². The lowest BCUT2D eigenvalue weighted by Gasteiger charge is -2.21. The second-order valence-corrected chi connectivity index (χ2v) is 2.75. The smallest absolute Gasteiger partial charge is 0.269 e. The highest BCUT2D eigenvalue weighted by molar-refractivity contribution is 4.99. The number of hydrogen-bond donors (Lipinski definition) is 2. The highest BCUT2D eigenvalue weighted by Crippen LogP contribution is 2.15. The first-order chi connectivity index (χ1) is 5.72. The van der Waals surface area contributed by atoms with Gasteiger partial charge in [0.2, 0.25) is 0 Å². The van der Waals surface area contributed by atoms with Crippen molar-refractivity contribution < 1.29 is 19.7 Å². The van der Waals surface area contributed by atoms with E-state index in [1.165, 1.54) is 7.11 Å². The lowest BCUT2D eigenvalue weighted by atomic mass is 10.0. The monoisotopic (exact) mass is 174 g/mol. The average Bonchev–Trinajstić information content (AvgIpc) is 2.09. The third kappa shape index (κ3) is 2.91. The number of aliphatic hydroxyl groups is 2. The molecule has 0 bridgehead atoms. The molecule has 0 aromatic rings. The van der Waals surface area contributed by atoms with Crippen LogP contribution >= 0.6 is 0 Å². The van der Waals surface area contributed by atoms with E-state index in [0.717, 1.165) is 0 Å². The van der Waals surface area contributed by atoms with Gasteiger partial charge in [-0.25, -0.2) is 0 Å². The van der Waals surface area contributed by atoms with Crippen molar-refractivity contribution in [2.24, 2.45) is 0 Å². The Labute approximate surface area is 71.4 Å². The van der Waals surface area contributed by atoms with Crippen LogP contribution in [-0.4, -0.2) is 36.0 Å². The molecule has 3 unspecified atom stereocenters. The van der Waals surface area contributed by atoms with Gasteiger partial charge in [-0.2, -0.15) is 0 Å². The van der Waals surface area contributed by atoms with E-state index in [0.29, 0.717) is 12.8 Å². The molecule has 0 amide bonds. The molecule has 1 aliphatic rings. The summed E-state index contributed by atoms with van der Waals surface area (Å²) < 4.78 is 9.54. The van der Waals surface area contributed by atoms with E-state index in [9.17, 15) is 0 Å². The molecule has 0 fully saturated rings. The van der Waals surface area contributed by atoms with Crippen LogP contribution in [0.3, 0.4) is 0 Å². The Morgan fingerprint density at radius 1 is 1.42 bits per heavy atom. The Hall–Kier alpha value is -0.420. The molecule has 1 aliphatic carbocycles. The van der Waals surface area contributed by atoms with Gasteiger partial charge in [-0.1, -0.05) is 12.2 Å². The van der Waals surface area contributed by atoms with E-state index in [-0.39, 0.29) is 12.2 Å². The summed E-state index contributed by atoms with van der Waals surface area (Å²) in [7, 11) is 1.37. The fourth-order valence-electron chi connectivity index (χ4n) is 1.10. The molecule has 4 heteroatoms. The molecule has 2 N–H and O–H groups in total. The molecule has 0 saturated heterocycles. The lowest BCUT2D eigenvalue weighted by Crippen LogP contribution is -2.25. The SMILES string of the molecule is COC(O)OC1C=CC(O)CC1. The van der Waals surface area contributed by atoms with Gasteiger partial charge >= 0.3 is 0 Å². The zero-order chi connectivity index (χ0) is 8.97. The van der Waals surface area contributed by atoms with Gasteiger partial charge in [-0.3, -0.25) is 0 Å². The fraction of sp³-hybridized carbons (Fsp3) is 0.750. The van der Waals surface area contributed by atoms with E-state index in [1.54, 1.807) is 12.2 Å². The van der Waals surface area contributed by atoms with E-state index in [4.69, 9.17) is 14.9 Å².